The number of amides is 1. The maximum atomic E-state index is 11.5. The van der Waals surface area contributed by atoms with Gasteiger partial charge in [0.15, 0.2) is 5.96 Å². The van der Waals surface area contributed by atoms with E-state index in [0.29, 0.717) is 5.92 Å². The molecular weight excluding hydrogens is 525 g/mol. The number of carbonyl (C=O) groups excluding carboxylic acids is 1. The van der Waals surface area contributed by atoms with Crippen molar-refractivity contribution in [1.82, 2.24) is 20.4 Å². The number of benzene rings is 2. The quantitative estimate of drug-likeness (QED) is 0.279. The first-order chi connectivity index (χ1) is 15.7. The highest BCUT2D eigenvalue weighted by Crippen LogP contribution is 2.21. The zero-order valence-electron chi connectivity index (χ0n) is 19.9. The second kappa shape index (κ2) is 14.9. The number of piperazine rings is 1. The molecule has 2 N–H and O–H groups in total. The van der Waals surface area contributed by atoms with Crippen LogP contribution < -0.4 is 10.6 Å². The predicted molar refractivity (Wildman–Crippen MR) is 147 cm³/mol. The molecule has 0 aromatic heterocycles. The Hall–Kier alpha value is -2.13. The summed E-state index contributed by atoms with van der Waals surface area (Å²) in [6, 6.07) is 21.3. The molecule has 1 atom stereocenters. The minimum absolute atomic E-state index is 0. The van der Waals surface area contributed by atoms with E-state index in [1.165, 1.54) is 11.1 Å². The van der Waals surface area contributed by atoms with Crippen molar-refractivity contribution in [1.29, 1.82) is 0 Å². The smallest absolute Gasteiger partial charge is 0.219 e. The Morgan fingerprint density at radius 2 is 1.61 bits per heavy atom. The second-order valence-electron chi connectivity index (χ2n) is 8.29. The summed E-state index contributed by atoms with van der Waals surface area (Å²) in [6.07, 6.45) is 0.966. The maximum absolute atomic E-state index is 11.5. The Balaban J connectivity index is 0.00000385. The summed E-state index contributed by atoms with van der Waals surface area (Å²) < 4.78 is 0. The molecule has 1 unspecified atom stereocenters. The summed E-state index contributed by atoms with van der Waals surface area (Å²) >= 11 is 0. The van der Waals surface area contributed by atoms with Gasteiger partial charge >= 0.3 is 0 Å². The molecule has 0 saturated carbocycles. The first-order valence-corrected chi connectivity index (χ1v) is 11.7. The van der Waals surface area contributed by atoms with Crippen molar-refractivity contribution in [3.05, 3.63) is 71.8 Å². The third-order valence-corrected chi connectivity index (χ3v) is 5.95. The van der Waals surface area contributed by atoms with Crippen LogP contribution in [0.5, 0.6) is 0 Å². The molecule has 2 aromatic carbocycles. The van der Waals surface area contributed by atoms with E-state index in [4.69, 9.17) is 4.99 Å². The second-order valence-corrected chi connectivity index (χ2v) is 8.29. The van der Waals surface area contributed by atoms with Crippen LogP contribution in [-0.4, -0.2) is 74.0 Å². The zero-order valence-corrected chi connectivity index (χ0v) is 22.2. The van der Waals surface area contributed by atoms with E-state index in [0.717, 1.165) is 64.7 Å². The van der Waals surface area contributed by atoms with Gasteiger partial charge in [-0.1, -0.05) is 60.7 Å². The first-order valence-electron chi connectivity index (χ1n) is 11.7. The SMILES string of the molecule is CCNC(=NCC(Cc1ccccc1)c1ccccc1)NCCN1CCN(C(C)=O)CC1.I. The molecule has 3 rings (SSSR count). The van der Waals surface area contributed by atoms with Crippen LogP contribution in [0, 0.1) is 0 Å². The van der Waals surface area contributed by atoms with Gasteiger partial charge in [0.1, 0.15) is 0 Å². The topological polar surface area (TPSA) is 60.0 Å². The lowest BCUT2D eigenvalue weighted by Crippen LogP contribution is -2.50. The van der Waals surface area contributed by atoms with E-state index in [1.807, 2.05) is 4.90 Å². The molecule has 1 aliphatic heterocycles. The lowest BCUT2D eigenvalue weighted by atomic mass is 9.92. The van der Waals surface area contributed by atoms with Crippen molar-refractivity contribution in [2.24, 2.45) is 4.99 Å². The molecule has 0 radical (unpaired) electrons. The number of carbonyl (C=O) groups is 1. The molecule has 0 spiro atoms. The highest BCUT2D eigenvalue weighted by molar-refractivity contribution is 14.0. The summed E-state index contributed by atoms with van der Waals surface area (Å²) in [6.45, 7) is 10.6. The first kappa shape index (κ1) is 27.1. The third kappa shape index (κ3) is 9.33. The minimum atomic E-state index is 0. The molecule has 7 heteroatoms. The summed E-state index contributed by atoms with van der Waals surface area (Å²) in [5.74, 6) is 1.37. The molecule has 180 valence electrons. The summed E-state index contributed by atoms with van der Waals surface area (Å²) in [5.41, 5.74) is 2.65. The Morgan fingerprint density at radius 1 is 0.970 bits per heavy atom. The number of aliphatic imine (C=N–C) groups is 1. The van der Waals surface area contributed by atoms with Crippen LogP contribution in [0.25, 0.3) is 0 Å². The Kier molecular flexibility index (Phi) is 12.2. The molecule has 0 bridgehead atoms. The summed E-state index contributed by atoms with van der Waals surface area (Å²) in [5, 5.41) is 6.87. The molecular formula is C26H38IN5O. The van der Waals surface area contributed by atoms with Crippen LogP contribution in [0.15, 0.2) is 65.7 Å². The van der Waals surface area contributed by atoms with Gasteiger partial charge in [-0.3, -0.25) is 14.7 Å². The highest BCUT2D eigenvalue weighted by Gasteiger charge is 2.18. The molecule has 1 heterocycles. The maximum Gasteiger partial charge on any atom is 0.219 e. The highest BCUT2D eigenvalue weighted by atomic mass is 127. The van der Waals surface area contributed by atoms with Gasteiger partial charge in [-0.2, -0.15) is 0 Å². The molecule has 1 aliphatic rings. The fraction of sp³-hybridized carbons (Fsp3) is 0.462. The lowest BCUT2D eigenvalue weighted by molar-refractivity contribution is -0.130. The van der Waals surface area contributed by atoms with Crippen LogP contribution in [-0.2, 0) is 11.2 Å². The van der Waals surface area contributed by atoms with Crippen molar-refractivity contribution in [2.45, 2.75) is 26.2 Å². The van der Waals surface area contributed by atoms with Crippen molar-refractivity contribution in [2.75, 3.05) is 52.4 Å². The average molecular weight is 564 g/mol. The van der Waals surface area contributed by atoms with Crippen LogP contribution >= 0.6 is 24.0 Å². The van der Waals surface area contributed by atoms with Gasteiger partial charge < -0.3 is 15.5 Å². The number of guanidine groups is 1. The van der Waals surface area contributed by atoms with Gasteiger partial charge in [0.2, 0.25) is 5.91 Å². The molecule has 6 nitrogen and oxygen atoms in total. The van der Waals surface area contributed by atoms with Crippen LogP contribution in [0.4, 0.5) is 0 Å². The van der Waals surface area contributed by atoms with Gasteiger partial charge in [0.05, 0.1) is 0 Å². The van der Waals surface area contributed by atoms with E-state index in [1.54, 1.807) is 6.92 Å². The van der Waals surface area contributed by atoms with Gasteiger partial charge in [-0.25, -0.2) is 0 Å². The molecule has 33 heavy (non-hydrogen) atoms. The fourth-order valence-corrected chi connectivity index (χ4v) is 4.07. The van der Waals surface area contributed by atoms with Crippen LogP contribution in [0.3, 0.4) is 0 Å². The van der Waals surface area contributed by atoms with Gasteiger partial charge in [0.25, 0.3) is 0 Å². The average Bonchev–Trinajstić information content (AvgIpc) is 2.83. The largest absolute Gasteiger partial charge is 0.357 e. The van der Waals surface area contributed by atoms with E-state index in [9.17, 15) is 4.79 Å². The summed E-state index contributed by atoms with van der Waals surface area (Å²) in [7, 11) is 0. The number of hydrogen-bond acceptors (Lipinski definition) is 3. The zero-order chi connectivity index (χ0) is 22.6. The molecule has 1 amide bonds. The van der Waals surface area contributed by atoms with E-state index >= 15 is 0 Å². The molecule has 1 saturated heterocycles. The Morgan fingerprint density at radius 3 is 2.21 bits per heavy atom. The number of halogens is 1. The number of rotatable bonds is 9. The predicted octanol–water partition coefficient (Wildman–Crippen LogP) is 3.35. The summed E-state index contributed by atoms with van der Waals surface area (Å²) in [4.78, 5) is 20.7. The van der Waals surface area contributed by atoms with E-state index in [-0.39, 0.29) is 29.9 Å². The molecule has 0 aliphatic carbocycles. The Bertz CT molecular complexity index is 838. The molecule has 2 aromatic rings. The van der Waals surface area contributed by atoms with Crippen molar-refractivity contribution in [3.63, 3.8) is 0 Å². The van der Waals surface area contributed by atoms with Crippen molar-refractivity contribution in [3.8, 4) is 0 Å². The van der Waals surface area contributed by atoms with Crippen LogP contribution in [0.1, 0.15) is 30.9 Å². The van der Waals surface area contributed by atoms with Gasteiger partial charge in [-0.15, -0.1) is 24.0 Å². The number of hydrogen-bond donors (Lipinski definition) is 2. The standard InChI is InChI=1S/C26H37N5O.HI/c1-3-27-26(28-14-15-30-16-18-31(19-17-30)22(2)32)29-21-25(24-12-8-5-9-13-24)20-23-10-6-4-7-11-23;/h4-13,25H,3,14-21H2,1-2H3,(H2,27,28,29);1H. The van der Waals surface area contributed by atoms with Crippen molar-refractivity contribution >= 4 is 35.8 Å². The van der Waals surface area contributed by atoms with E-state index in [2.05, 4.69) is 83.1 Å². The molecule has 1 fully saturated rings. The lowest BCUT2D eigenvalue weighted by Gasteiger charge is -2.34. The normalized spacial score (nSPS) is 15.5. The monoisotopic (exact) mass is 563 g/mol. The van der Waals surface area contributed by atoms with E-state index < -0.39 is 0 Å². The fourth-order valence-electron chi connectivity index (χ4n) is 4.07. The number of nitrogens with zero attached hydrogens (tertiary/aromatic N) is 3. The Labute approximate surface area is 215 Å². The third-order valence-electron chi connectivity index (χ3n) is 5.95. The van der Waals surface area contributed by atoms with Crippen molar-refractivity contribution < 1.29 is 4.79 Å². The van der Waals surface area contributed by atoms with Gasteiger partial charge in [0, 0.05) is 65.2 Å². The van der Waals surface area contributed by atoms with Gasteiger partial charge in [-0.05, 0) is 24.5 Å². The number of nitrogens with one attached hydrogen (secondary N) is 2. The minimum Gasteiger partial charge on any atom is -0.357 e. The van der Waals surface area contributed by atoms with Crippen LogP contribution in [0.2, 0.25) is 0 Å².